The standard InChI is InChI=1S/C23H26N4O5S/c1-15-7-4-5-9-19(15)23-26-25-22(32-23)17-8-6-12-27(14-17)33(29,30)18-10-11-21(31-3)20(13-18)24-16(2)28/h4-5,7,9-11,13,17H,6,8,12,14H2,1-3H3,(H,24,28). The average molecular weight is 471 g/mol. The molecule has 0 bridgehead atoms. The molecule has 1 N–H and O–H groups in total. The molecule has 4 rings (SSSR count). The normalized spacial score (nSPS) is 17.0. The number of amides is 1. The first-order chi connectivity index (χ1) is 15.8. The highest BCUT2D eigenvalue weighted by molar-refractivity contribution is 7.89. The molecule has 0 spiro atoms. The van der Waals surface area contributed by atoms with Crippen LogP contribution in [0, 0.1) is 6.92 Å². The van der Waals surface area contributed by atoms with Gasteiger partial charge in [-0.05, 0) is 49.6 Å². The molecular weight excluding hydrogens is 444 g/mol. The lowest BCUT2D eigenvalue weighted by molar-refractivity contribution is -0.114. The molecule has 1 saturated heterocycles. The van der Waals surface area contributed by atoms with Crippen LogP contribution in [-0.2, 0) is 14.8 Å². The fraction of sp³-hybridized carbons (Fsp3) is 0.348. The molecule has 10 heteroatoms. The van der Waals surface area contributed by atoms with Gasteiger partial charge in [-0.15, -0.1) is 10.2 Å². The maximum absolute atomic E-state index is 13.4. The van der Waals surface area contributed by atoms with E-state index in [2.05, 4.69) is 15.5 Å². The second kappa shape index (κ2) is 9.32. The Hall–Kier alpha value is -3.24. The molecule has 1 aromatic heterocycles. The number of ether oxygens (including phenoxy) is 1. The van der Waals surface area contributed by atoms with Crippen LogP contribution in [0.2, 0.25) is 0 Å². The summed E-state index contributed by atoms with van der Waals surface area (Å²) < 4.78 is 39.4. The number of methoxy groups -OCH3 is 1. The maximum atomic E-state index is 13.4. The Morgan fingerprint density at radius 2 is 2.00 bits per heavy atom. The molecule has 1 aliphatic heterocycles. The average Bonchev–Trinajstić information content (AvgIpc) is 3.29. The quantitative estimate of drug-likeness (QED) is 0.585. The Morgan fingerprint density at radius 3 is 2.73 bits per heavy atom. The van der Waals surface area contributed by atoms with Crippen molar-refractivity contribution < 1.29 is 22.4 Å². The van der Waals surface area contributed by atoms with Gasteiger partial charge in [0.15, 0.2) is 0 Å². The smallest absolute Gasteiger partial charge is 0.248 e. The molecule has 0 aliphatic carbocycles. The summed E-state index contributed by atoms with van der Waals surface area (Å²) >= 11 is 0. The fourth-order valence-electron chi connectivity index (χ4n) is 3.97. The lowest BCUT2D eigenvalue weighted by Crippen LogP contribution is -2.39. The van der Waals surface area contributed by atoms with Crippen molar-refractivity contribution in [1.29, 1.82) is 0 Å². The second-order valence-corrected chi connectivity index (χ2v) is 9.94. The Kier molecular flexibility index (Phi) is 6.48. The van der Waals surface area contributed by atoms with E-state index in [-0.39, 0.29) is 23.3 Å². The summed E-state index contributed by atoms with van der Waals surface area (Å²) in [4.78, 5) is 11.6. The van der Waals surface area contributed by atoms with E-state index < -0.39 is 10.0 Å². The van der Waals surface area contributed by atoms with Crippen LogP contribution < -0.4 is 10.1 Å². The van der Waals surface area contributed by atoms with Gasteiger partial charge in [0.2, 0.25) is 27.7 Å². The fourth-order valence-corrected chi connectivity index (χ4v) is 5.52. The number of aryl methyl sites for hydroxylation is 1. The highest BCUT2D eigenvalue weighted by atomic mass is 32.2. The molecular formula is C23H26N4O5S. The van der Waals surface area contributed by atoms with Crippen LogP contribution in [0.4, 0.5) is 5.69 Å². The molecule has 1 unspecified atom stereocenters. The summed E-state index contributed by atoms with van der Waals surface area (Å²) in [6.45, 7) is 3.95. The van der Waals surface area contributed by atoms with Gasteiger partial charge in [0.1, 0.15) is 5.75 Å². The van der Waals surface area contributed by atoms with Crippen LogP contribution in [0.15, 0.2) is 51.8 Å². The third-order valence-corrected chi connectivity index (χ3v) is 7.53. The molecule has 1 aliphatic rings. The Morgan fingerprint density at radius 1 is 1.21 bits per heavy atom. The van der Waals surface area contributed by atoms with Crippen molar-refractivity contribution in [3.8, 4) is 17.2 Å². The van der Waals surface area contributed by atoms with Crippen molar-refractivity contribution in [2.75, 3.05) is 25.5 Å². The van der Waals surface area contributed by atoms with Gasteiger partial charge in [-0.1, -0.05) is 18.2 Å². The van der Waals surface area contributed by atoms with E-state index in [4.69, 9.17) is 9.15 Å². The highest BCUT2D eigenvalue weighted by Crippen LogP contribution is 2.34. The molecule has 0 radical (unpaired) electrons. The van der Waals surface area contributed by atoms with E-state index in [0.717, 1.165) is 17.5 Å². The molecule has 0 saturated carbocycles. The number of benzene rings is 2. The summed E-state index contributed by atoms with van der Waals surface area (Å²) in [6.07, 6.45) is 1.42. The molecule has 2 heterocycles. The van der Waals surface area contributed by atoms with Gasteiger partial charge >= 0.3 is 0 Å². The minimum Gasteiger partial charge on any atom is -0.495 e. The van der Waals surface area contributed by atoms with Crippen molar-refractivity contribution in [2.45, 2.75) is 37.5 Å². The first-order valence-corrected chi connectivity index (χ1v) is 12.1. The molecule has 174 valence electrons. The van der Waals surface area contributed by atoms with E-state index in [9.17, 15) is 13.2 Å². The van der Waals surface area contributed by atoms with Crippen molar-refractivity contribution in [3.05, 3.63) is 53.9 Å². The van der Waals surface area contributed by atoms with Gasteiger partial charge in [-0.3, -0.25) is 4.79 Å². The van der Waals surface area contributed by atoms with Crippen LogP contribution in [-0.4, -0.2) is 49.0 Å². The monoisotopic (exact) mass is 470 g/mol. The predicted molar refractivity (Wildman–Crippen MR) is 123 cm³/mol. The Bertz CT molecular complexity index is 1270. The minimum atomic E-state index is -3.80. The SMILES string of the molecule is COc1ccc(S(=O)(=O)N2CCCC(c3nnc(-c4ccccc4C)o3)C2)cc1NC(C)=O. The lowest BCUT2D eigenvalue weighted by atomic mass is 10.00. The minimum absolute atomic E-state index is 0.0822. The van der Waals surface area contributed by atoms with E-state index in [1.807, 2.05) is 31.2 Å². The third-order valence-electron chi connectivity index (χ3n) is 5.67. The number of carbonyl (C=O) groups is 1. The van der Waals surface area contributed by atoms with E-state index in [1.54, 1.807) is 0 Å². The molecule has 1 amide bonds. The number of anilines is 1. The summed E-state index contributed by atoms with van der Waals surface area (Å²) in [5, 5.41) is 11.0. The number of hydrogen-bond donors (Lipinski definition) is 1. The van der Waals surface area contributed by atoms with Crippen LogP contribution in [0.5, 0.6) is 5.75 Å². The number of sulfonamides is 1. The zero-order chi connectivity index (χ0) is 23.6. The third kappa shape index (κ3) is 4.76. The zero-order valence-corrected chi connectivity index (χ0v) is 19.6. The number of rotatable bonds is 6. The first-order valence-electron chi connectivity index (χ1n) is 10.6. The van der Waals surface area contributed by atoms with E-state index in [0.29, 0.717) is 36.2 Å². The van der Waals surface area contributed by atoms with Crippen molar-refractivity contribution in [2.24, 2.45) is 0 Å². The number of carbonyl (C=O) groups excluding carboxylic acids is 1. The van der Waals surface area contributed by atoms with Gasteiger partial charge in [-0.25, -0.2) is 8.42 Å². The summed E-state index contributed by atoms with van der Waals surface area (Å²) in [7, 11) is -2.34. The largest absolute Gasteiger partial charge is 0.495 e. The second-order valence-electron chi connectivity index (χ2n) is 8.01. The molecule has 3 aromatic rings. The van der Waals surface area contributed by atoms with Gasteiger partial charge in [-0.2, -0.15) is 4.31 Å². The van der Waals surface area contributed by atoms with E-state index in [1.165, 1.54) is 36.5 Å². The van der Waals surface area contributed by atoms with Crippen molar-refractivity contribution in [1.82, 2.24) is 14.5 Å². The molecule has 33 heavy (non-hydrogen) atoms. The number of aromatic nitrogens is 2. The molecule has 9 nitrogen and oxygen atoms in total. The van der Waals surface area contributed by atoms with Gasteiger partial charge < -0.3 is 14.5 Å². The van der Waals surface area contributed by atoms with Gasteiger partial charge in [0.25, 0.3) is 0 Å². The zero-order valence-electron chi connectivity index (χ0n) is 18.7. The van der Waals surface area contributed by atoms with Crippen molar-refractivity contribution >= 4 is 21.6 Å². The van der Waals surface area contributed by atoms with Crippen LogP contribution in [0.1, 0.15) is 37.1 Å². The van der Waals surface area contributed by atoms with E-state index >= 15 is 0 Å². The summed E-state index contributed by atoms with van der Waals surface area (Å²) in [6, 6.07) is 12.2. The Labute approximate surface area is 192 Å². The Balaban J connectivity index is 1.57. The number of nitrogens with one attached hydrogen (secondary N) is 1. The molecule has 1 atom stereocenters. The van der Waals surface area contributed by atoms with Gasteiger partial charge in [0.05, 0.1) is 23.6 Å². The van der Waals surface area contributed by atoms with Gasteiger partial charge in [0, 0.05) is 25.6 Å². The van der Waals surface area contributed by atoms with Crippen LogP contribution in [0.25, 0.3) is 11.5 Å². The number of hydrogen-bond acceptors (Lipinski definition) is 7. The summed E-state index contributed by atoms with van der Waals surface area (Å²) in [5.41, 5.74) is 2.19. The lowest BCUT2D eigenvalue weighted by Gasteiger charge is -2.30. The van der Waals surface area contributed by atoms with Crippen LogP contribution in [0.3, 0.4) is 0 Å². The number of piperidine rings is 1. The predicted octanol–water partition coefficient (Wildman–Crippen LogP) is 3.58. The highest BCUT2D eigenvalue weighted by Gasteiger charge is 2.34. The molecule has 1 fully saturated rings. The number of nitrogens with zero attached hydrogens (tertiary/aromatic N) is 3. The summed E-state index contributed by atoms with van der Waals surface area (Å²) in [5.74, 6) is 0.726. The topological polar surface area (TPSA) is 115 Å². The molecule has 2 aromatic carbocycles. The van der Waals surface area contributed by atoms with Crippen molar-refractivity contribution in [3.63, 3.8) is 0 Å². The first kappa shape index (κ1) is 22.9. The van der Waals surface area contributed by atoms with Crippen LogP contribution >= 0.6 is 0 Å². The maximum Gasteiger partial charge on any atom is 0.248 e.